The van der Waals surface area contributed by atoms with Crippen LogP contribution in [0.1, 0.15) is 41.5 Å². The van der Waals surface area contributed by atoms with E-state index in [1.165, 1.54) is 14.0 Å². The van der Waals surface area contributed by atoms with Crippen molar-refractivity contribution >= 4 is 18.0 Å². The van der Waals surface area contributed by atoms with Crippen LogP contribution >= 0.6 is 0 Å². The normalized spacial score (nSPS) is 13.8. The third kappa shape index (κ3) is 10.0. The van der Waals surface area contributed by atoms with Crippen molar-refractivity contribution in [3.05, 3.63) is 0 Å². The van der Waals surface area contributed by atoms with E-state index in [1.54, 1.807) is 0 Å². The molecule has 24 heavy (non-hydrogen) atoms. The molecule has 0 fully saturated rings. The molecule has 2 atom stereocenters. The molecule has 2 N–H and O–H groups in total. The maximum atomic E-state index is 12.3. The summed E-state index contributed by atoms with van der Waals surface area (Å²) in [7, 11) is 1.23. The van der Waals surface area contributed by atoms with Gasteiger partial charge in [0.05, 0.1) is 25.9 Å². The lowest BCUT2D eigenvalue weighted by Gasteiger charge is -2.25. The predicted molar refractivity (Wildman–Crippen MR) is 88.4 cm³/mol. The molecule has 0 aliphatic rings. The van der Waals surface area contributed by atoms with E-state index in [9.17, 15) is 14.4 Å². The fourth-order valence-corrected chi connectivity index (χ4v) is 1.49. The molecule has 0 radical (unpaired) electrons. The molecule has 8 heteroatoms. The van der Waals surface area contributed by atoms with Crippen LogP contribution in [0.5, 0.6) is 0 Å². The largest absolute Gasteiger partial charge is 0.467 e. The Labute approximate surface area is 143 Å². The lowest BCUT2D eigenvalue weighted by molar-refractivity contribution is -0.145. The van der Waals surface area contributed by atoms with Crippen LogP contribution in [0.3, 0.4) is 0 Å². The van der Waals surface area contributed by atoms with Crippen LogP contribution in [0.2, 0.25) is 0 Å². The highest BCUT2D eigenvalue weighted by Gasteiger charge is 2.27. The third-order valence-electron chi connectivity index (χ3n) is 2.75. The molecular weight excluding hydrogens is 316 g/mol. The number of rotatable bonds is 8. The van der Waals surface area contributed by atoms with Crippen LogP contribution in [0, 0.1) is 5.92 Å². The van der Waals surface area contributed by atoms with E-state index < -0.39 is 35.7 Å². The summed E-state index contributed by atoms with van der Waals surface area (Å²) >= 11 is 0. The number of ether oxygens (including phenoxy) is 3. The molecule has 0 aromatic carbocycles. The lowest BCUT2D eigenvalue weighted by atomic mass is 10.2. The summed E-state index contributed by atoms with van der Waals surface area (Å²) in [6.07, 6.45) is -0.716. The Morgan fingerprint density at radius 3 is 2.04 bits per heavy atom. The van der Waals surface area contributed by atoms with Gasteiger partial charge in [-0.3, -0.25) is 4.79 Å². The fourth-order valence-electron chi connectivity index (χ4n) is 1.49. The Morgan fingerprint density at radius 1 is 1.00 bits per heavy atom. The zero-order chi connectivity index (χ0) is 18.9. The summed E-state index contributed by atoms with van der Waals surface area (Å²) in [6.45, 7) is 11.0. The van der Waals surface area contributed by atoms with Gasteiger partial charge >= 0.3 is 12.1 Å². The molecule has 0 aliphatic carbocycles. The van der Waals surface area contributed by atoms with E-state index in [0.29, 0.717) is 0 Å². The lowest BCUT2D eigenvalue weighted by Crippen LogP contribution is -2.53. The van der Waals surface area contributed by atoms with Crippen molar-refractivity contribution in [3.63, 3.8) is 0 Å². The number of esters is 1. The number of carbonyl (C=O) groups is 3. The summed E-state index contributed by atoms with van der Waals surface area (Å²) in [6, 6.07) is -1.83. The van der Waals surface area contributed by atoms with Gasteiger partial charge in [0.25, 0.3) is 0 Å². The molecular formula is C16H30N2O6. The van der Waals surface area contributed by atoms with Crippen molar-refractivity contribution in [3.8, 4) is 0 Å². The van der Waals surface area contributed by atoms with Gasteiger partial charge in [0, 0.05) is 0 Å². The zero-order valence-electron chi connectivity index (χ0n) is 15.6. The Hall–Kier alpha value is -1.83. The molecule has 0 rings (SSSR count). The van der Waals surface area contributed by atoms with Crippen molar-refractivity contribution < 1.29 is 28.6 Å². The van der Waals surface area contributed by atoms with Gasteiger partial charge in [-0.05, 0) is 33.6 Å². The highest BCUT2D eigenvalue weighted by molar-refractivity contribution is 5.89. The first-order valence-corrected chi connectivity index (χ1v) is 7.91. The summed E-state index contributed by atoms with van der Waals surface area (Å²) in [4.78, 5) is 35.5. The standard InChI is InChI=1S/C16H30N2O6/c1-10(2)8-23-15(21)18-12(9-24-16(4,5)6)13(19)17-11(3)14(20)22-7/h10-12H,8-9H2,1-7H3,(H,17,19)(H,18,21)/t11-,12+/m0/s1. The zero-order valence-corrected chi connectivity index (χ0v) is 15.6. The van der Waals surface area contributed by atoms with E-state index in [2.05, 4.69) is 15.4 Å². The smallest absolute Gasteiger partial charge is 0.407 e. The number of nitrogens with one attached hydrogen (secondary N) is 2. The number of hydrogen-bond donors (Lipinski definition) is 2. The Morgan fingerprint density at radius 2 is 1.58 bits per heavy atom. The molecule has 8 nitrogen and oxygen atoms in total. The predicted octanol–water partition coefficient (Wildman–Crippen LogP) is 1.23. The molecule has 0 unspecified atom stereocenters. The maximum absolute atomic E-state index is 12.3. The quantitative estimate of drug-likeness (QED) is 0.641. The van der Waals surface area contributed by atoms with Crippen LogP contribution in [0.25, 0.3) is 0 Å². The van der Waals surface area contributed by atoms with E-state index in [4.69, 9.17) is 9.47 Å². The molecule has 0 saturated heterocycles. The van der Waals surface area contributed by atoms with E-state index in [-0.39, 0.29) is 19.1 Å². The first-order valence-electron chi connectivity index (χ1n) is 7.91. The number of carbonyl (C=O) groups excluding carboxylic acids is 3. The molecule has 0 spiro atoms. The van der Waals surface area contributed by atoms with Crippen LogP contribution in [0.15, 0.2) is 0 Å². The third-order valence-corrected chi connectivity index (χ3v) is 2.75. The second-order valence-electron chi connectivity index (χ2n) is 6.87. The van der Waals surface area contributed by atoms with Crippen molar-refractivity contribution in [2.45, 2.75) is 59.2 Å². The highest BCUT2D eigenvalue weighted by Crippen LogP contribution is 2.07. The topological polar surface area (TPSA) is 103 Å². The molecule has 0 aromatic heterocycles. The number of hydrogen-bond acceptors (Lipinski definition) is 6. The summed E-state index contributed by atoms with van der Waals surface area (Å²) in [5.41, 5.74) is -0.490. The van der Waals surface area contributed by atoms with E-state index in [0.717, 1.165) is 0 Å². The Kier molecular flexibility index (Phi) is 9.35. The van der Waals surface area contributed by atoms with Crippen molar-refractivity contribution in [2.24, 2.45) is 5.92 Å². The molecule has 2 amide bonds. The van der Waals surface area contributed by atoms with Crippen LogP contribution in [-0.4, -0.2) is 56.0 Å². The maximum Gasteiger partial charge on any atom is 0.407 e. The van der Waals surface area contributed by atoms with E-state index >= 15 is 0 Å². The molecule has 0 aliphatic heterocycles. The minimum absolute atomic E-state index is 0.0556. The average Bonchev–Trinajstić information content (AvgIpc) is 2.47. The van der Waals surface area contributed by atoms with Gasteiger partial charge in [0.1, 0.15) is 12.1 Å². The number of alkyl carbamates (subject to hydrolysis) is 1. The number of amides is 2. The monoisotopic (exact) mass is 346 g/mol. The first-order chi connectivity index (χ1) is 11.0. The molecule has 0 heterocycles. The minimum Gasteiger partial charge on any atom is -0.467 e. The minimum atomic E-state index is -0.990. The van der Waals surface area contributed by atoms with Crippen molar-refractivity contribution in [1.82, 2.24) is 10.6 Å². The summed E-state index contributed by atoms with van der Waals surface area (Å²) < 4.78 is 15.1. The first kappa shape index (κ1) is 22.2. The number of methoxy groups -OCH3 is 1. The Balaban J connectivity index is 4.81. The van der Waals surface area contributed by atoms with Gasteiger partial charge in [0.2, 0.25) is 5.91 Å². The SMILES string of the molecule is COC(=O)[C@H](C)NC(=O)[C@@H](COC(C)(C)C)NC(=O)OCC(C)C. The second kappa shape index (κ2) is 10.1. The molecule has 0 saturated carbocycles. The second-order valence-corrected chi connectivity index (χ2v) is 6.87. The molecule has 0 bridgehead atoms. The van der Waals surface area contributed by atoms with Gasteiger partial charge in [-0.1, -0.05) is 13.8 Å². The summed E-state index contributed by atoms with van der Waals surface area (Å²) in [5, 5.41) is 4.93. The average molecular weight is 346 g/mol. The van der Waals surface area contributed by atoms with E-state index in [1.807, 2.05) is 34.6 Å². The van der Waals surface area contributed by atoms with Gasteiger partial charge in [-0.25, -0.2) is 9.59 Å². The highest BCUT2D eigenvalue weighted by atomic mass is 16.6. The molecule has 0 aromatic rings. The summed E-state index contributed by atoms with van der Waals surface area (Å²) in [5.74, 6) is -0.965. The van der Waals surface area contributed by atoms with Crippen LogP contribution in [-0.2, 0) is 23.8 Å². The van der Waals surface area contributed by atoms with Crippen molar-refractivity contribution in [1.29, 1.82) is 0 Å². The van der Waals surface area contributed by atoms with Gasteiger partial charge in [-0.15, -0.1) is 0 Å². The van der Waals surface area contributed by atoms with Crippen LogP contribution < -0.4 is 10.6 Å². The van der Waals surface area contributed by atoms with Crippen LogP contribution in [0.4, 0.5) is 4.79 Å². The van der Waals surface area contributed by atoms with Crippen molar-refractivity contribution in [2.75, 3.05) is 20.3 Å². The fraction of sp³-hybridized carbons (Fsp3) is 0.812. The molecule has 140 valence electrons. The van der Waals surface area contributed by atoms with Gasteiger partial charge in [-0.2, -0.15) is 0 Å². The van der Waals surface area contributed by atoms with Gasteiger partial charge < -0.3 is 24.8 Å². The Bertz CT molecular complexity index is 431. The van der Waals surface area contributed by atoms with Gasteiger partial charge in [0.15, 0.2) is 0 Å².